The van der Waals surface area contributed by atoms with Crippen LogP contribution in [0.25, 0.3) is 32.2 Å². The van der Waals surface area contributed by atoms with Crippen LogP contribution in [0.3, 0.4) is 0 Å². The molecule has 2 aliphatic rings. The van der Waals surface area contributed by atoms with Gasteiger partial charge in [0.05, 0.1) is 27.3 Å². The second kappa shape index (κ2) is 12.0. The minimum Gasteiger partial charge on any atom is -0.491 e. The van der Waals surface area contributed by atoms with E-state index in [0.29, 0.717) is 23.2 Å². The summed E-state index contributed by atoms with van der Waals surface area (Å²) in [4.78, 5) is 51.2. The molecule has 5 heterocycles. The molecule has 248 valence electrons. The number of piperazine rings is 1. The molecule has 0 aliphatic carbocycles. The van der Waals surface area contributed by atoms with Gasteiger partial charge in [0.15, 0.2) is 0 Å². The summed E-state index contributed by atoms with van der Waals surface area (Å²) in [6, 6.07) is 3.78. The van der Waals surface area contributed by atoms with E-state index in [-0.39, 0.29) is 70.8 Å². The Balaban J connectivity index is 1.50. The van der Waals surface area contributed by atoms with E-state index in [1.165, 1.54) is 21.9 Å². The maximum absolute atomic E-state index is 15.8. The number of aromatic nitrogens is 4. The van der Waals surface area contributed by atoms with Gasteiger partial charge >= 0.3 is 16.7 Å². The zero-order valence-corrected chi connectivity index (χ0v) is 26.3. The third-order valence-corrected chi connectivity index (χ3v) is 10.4. The monoisotopic (exact) mass is 702 g/mol. The minimum absolute atomic E-state index is 0.0251. The lowest BCUT2D eigenvalue weighted by molar-refractivity contribution is -0.137. The van der Waals surface area contributed by atoms with Crippen molar-refractivity contribution in [3.8, 4) is 16.9 Å². The number of anilines is 1. The number of hydrogen-bond donors (Lipinski definition) is 1. The second-order valence-electron chi connectivity index (χ2n) is 11.0. The van der Waals surface area contributed by atoms with Crippen LogP contribution >= 0.6 is 23.1 Å². The molecule has 1 saturated heterocycles. The molecule has 5 aromatic rings. The Kier molecular flexibility index (Phi) is 7.98. The van der Waals surface area contributed by atoms with Crippen LogP contribution in [-0.2, 0) is 11.0 Å². The summed E-state index contributed by atoms with van der Waals surface area (Å²) in [5, 5.41) is -0.0251. The lowest BCUT2D eigenvalue weighted by atomic mass is 9.94. The van der Waals surface area contributed by atoms with Crippen molar-refractivity contribution in [3.63, 3.8) is 0 Å². The molecular formula is C31H23F5N6O4S2. The number of benzene rings is 2. The summed E-state index contributed by atoms with van der Waals surface area (Å²) < 4.78 is 82.6. The van der Waals surface area contributed by atoms with E-state index in [4.69, 9.17) is 4.74 Å². The maximum atomic E-state index is 15.8. The van der Waals surface area contributed by atoms with Crippen molar-refractivity contribution in [1.82, 2.24) is 24.4 Å². The molecule has 10 nitrogen and oxygen atoms in total. The smallest absolute Gasteiger partial charge is 0.417 e. The van der Waals surface area contributed by atoms with Crippen LogP contribution in [0.15, 0.2) is 63.8 Å². The van der Waals surface area contributed by atoms with Gasteiger partial charge in [0, 0.05) is 71.8 Å². The molecule has 48 heavy (non-hydrogen) atoms. The van der Waals surface area contributed by atoms with Gasteiger partial charge in [-0.1, -0.05) is 17.9 Å². The molecule has 0 spiro atoms. The first-order valence-corrected chi connectivity index (χ1v) is 16.3. The fourth-order valence-corrected chi connectivity index (χ4v) is 8.16. The number of alkyl halides is 3. The number of thioether (sulfide) groups is 1. The van der Waals surface area contributed by atoms with Crippen molar-refractivity contribution < 1.29 is 31.5 Å². The summed E-state index contributed by atoms with van der Waals surface area (Å²) >= 11 is 1.37. The van der Waals surface area contributed by atoms with Crippen LogP contribution in [0.4, 0.5) is 27.8 Å². The molecule has 0 saturated carbocycles. The number of fused-ring (bicyclic) bond motifs is 1. The summed E-state index contributed by atoms with van der Waals surface area (Å²) in [6.45, 7) is 4.16. The quantitative estimate of drug-likeness (QED) is 0.190. The van der Waals surface area contributed by atoms with E-state index in [0.717, 1.165) is 23.9 Å². The number of nitrogens with one attached hydrogen (secondary N) is 1. The zero-order valence-electron chi connectivity index (χ0n) is 24.6. The van der Waals surface area contributed by atoms with E-state index < -0.39 is 56.6 Å². The predicted molar refractivity (Wildman–Crippen MR) is 171 cm³/mol. The number of pyridine rings is 1. The van der Waals surface area contributed by atoms with Gasteiger partial charge < -0.3 is 19.5 Å². The molecule has 0 bridgehead atoms. The van der Waals surface area contributed by atoms with Gasteiger partial charge in [0.25, 0.3) is 0 Å². The summed E-state index contributed by atoms with van der Waals surface area (Å²) in [6.07, 6.45) is -0.863. The standard InChI is InChI=1S/C31H23F5N6O4S2/c1-2-21(43)40-7-9-41(10-8-40)28-17-11-18(31(34,35)36)22(23-19(32)12-20(33)26-24(23)38-30(45)48-26)27-25(17)42(29(44)39-28)15(14-47-27)13-46-16-3-5-37-6-4-16/h2-6,11-12,15H,1,7-10,13-14H2,(H,38,45)/t15-/m0/s1. The average molecular weight is 703 g/mol. The molecule has 2 aromatic carbocycles. The number of ether oxygens (including phenoxy) is 1. The van der Waals surface area contributed by atoms with Crippen LogP contribution in [-0.4, -0.2) is 68.9 Å². The molecule has 0 unspecified atom stereocenters. The fourth-order valence-electron chi connectivity index (χ4n) is 6.11. The van der Waals surface area contributed by atoms with Crippen molar-refractivity contribution in [2.45, 2.75) is 17.1 Å². The van der Waals surface area contributed by atoms with E-state index in [1.807, 2.05) is 0 Å². The highest BCUT2D eigenvalue weighted by molar-refractivity contribution is 7.99. The van der Waals surface area contributed by atoms with Crippen molar-refractivity contribution in [2.75, 3.05) is 43.4 Å². The molecule has 1 amide bonds. The van der Waals surface area contributed by atoms with Gasteiger partial charge in [-0.25, -0.2) is 13.6 Å². The Labute approximate surface area is 275 Å². The van der Waals surface area contributed by atoms with E-state index in [2.05, 4.69) is 21.5 Å². The van der Waals surface area contributed by atoms with Crippen molar-refractivity contribution >= 4 is 55.9 Å². The van der Waals surface area contributed by atoms with E-state index in [1.54, 1.807) is 17.0 Å². The summed E-state index contributed by atoms with van der Waals surface area (Å²) in [5.74, 6) is -2.26. The number of carbonyl (C=O) groups excluding carboxylic acids is 1. The Morgan fingerprint density at radius 2 is 1.81 bits per heavy atom. The van der Waals surface area contributed by atoms with Gasteiger partial charge in [-0.05, 0) is 24.3 Å². The van der Waals surface area contributed by atoms with Crippen LogP contribution in [0.5, 0.6) is 5.75 Å². The number of halogens is 5. The number of thiazole rings is 1. The molecule has 1 atom stereocenters. The molecule has 1 N–H and O–H groups in total. The third-order valence-electron chi connectivity index (χ3n) is 8.25. The van der Waals surface area contributed by atoms with Gasteiger partial charge in [-0.15, -0.1) is 11.8 Å². The lowest BCUT2D eigenvalue weighted by Gasteiger charge is -2.37. The Morgan fingerprint density at radius 3 is 2.50 bits per heavy atom. The number of H-pyrrole nitrogens is 1. The first-order chi connectivity index (χ1) is 23.0. The second-order valence-corrected chi connectivity index (χ2v) is 13.0. The van der Waals surface area contributed by atoms with Gasteiger partial charge in [-0.3, -0.25) is 19.1 Å². The number of amides is 1. The highest BCUT2D eigenvalue weighted by atomic mass is 32.2. The SMILES string of the molecule is C=CC(=O)N1CCN(c2nc(=O)n3c4c(c(-c5c(F)cc(F)c6sc(=O)[nH]c56)c(C(F)(F)F)cc24)SC[C@@H]3COc2ccncc2)CC1. The normalized spacial score (nSPS) is 16.5. The lowest BCUT2D eigenvalue weighted by Crippen LogP contribution is -2.49. The maximum Gasteiger partial charge on any atom is 0.417 e. The van der Waals surface area contributed by atoms with Crippen LogP contribution in [0, 0.1) is 11.6 Å². The number of nitrogens with zero attached hydrogens (tertiary/aromatic N) is 5. The van der Waals surface area contributed by atoms with Crippen molar-refractivity contribution in [1.29, 1.82) is 0 Å². The first-order valence-electron chi connectivity index (χ1n) is 14.5. The van der Waals surface area contributed by atoms with Gasteiger partial charge in [0.1, 0.15) is 29.8 Å². The highest BCUT2D eigenvalue weighted by Crippen LogP contribution is 2.51. The number of hydrogen-bond acceptors (Lipinski definition) is 9. The first kappa shape index (κ1) is 31.8. The number of aromatic amines is 1. The molecule has 0 radical (unpaired) electrons. The van der Waals surface area contributed by atoms with Crippen molar-refractivity contribution in [3.05, 3.63) is 86.7 Å². The summed E-state index contributed by atoms with van der Waals surface area (Å²) in [5.41, 5.74) is -3.65. The predicted octanol–water partition coefficient (Wildman–Crippen LogP) is 5.22. The van der Waals surface area contributed by atoms with Gasteiger partial charge in [0.2, 0.25) is 5.91 Å². The van der Waals surface area contributed by atoms with E-state index >= 15 is 17.6 Å². The third kappa shape index (κ3) is 5.39. The molecular weight excluding hydrogens is 680 g/mol. The van der Waals surface area contributed by atoms with E-state index in [9.17, 15) is 18.8 Å². The van der Waals surface area contributed by atoms with Crippen LogP contribution in [0.1, 0.15) is 11.6 Å². The Hall–Kier alpha value is -4.77. The van der Waals surface area contributed by atoms with Crippen LogP contribution < -0.4 is 20.2 Å². The highest BCUT2D eigenvalue weighted by Gasteiger charge is 2.41. The van der Waals surface area contributed by atoms with Crippen LogP contribution in [0.2, 0.25) is 0 Å². The molecule has 1 fully saturated rings. The van der Waals surface area contributed by atoms with Gasteiger partial charge in [-0.2, -0.15) is 18.2 Å². The molecule has 7 rings (SSSR count). The fraction of sp³-hybridized carbons (Fsp3) is 0.258. The molecule has 3 aromatic heterocycles. The number of rotatable bonds is 6. The average Bonchev–Trinajstić information content (AvgIpc) is 3.47. The minimum atomic E-state index is -5.06. The Morgan fingerprint density at radius 1 is 1.08 bits per heavy atom. The molecule has 2 aliphatic heterocycles. The largest absolute Gasteiger partial charge is 0.491 e. The molecule has 17 heteroatoms. The zero-order chi connectivity index (χ0) is 33.9. The summed E-state index contributed by atoms with van der Waals surface area (Å²) in [7, 11) is 0. The van der Waals surface area contributed by atoms with Crippen molar-refractivity contribution in [2.24, 2.45) is 0 Å². The topological polar surface area (TPSA) is 113 Å². The Bertz CT molecular complexity index is 2230. The number of carbonyl (C=O) groups is 1.